The van der Waals surface area contributed by atoms with Gasteiger partial charge in [0.05, 0.1) is 11.2 Å². The lowest BCUT2D eigenvalue weighted by Gasteiger charge is -2.20. The van der Waals surface area contributed by atoms with Crippen LogP contribution in [0.1, 0.15) is 19.4 Å². The minimum absolute atomic E-state index is 0.222. The maximum atomic E-state index is 13.1. The third-order valence-electron chi connectivity index (χ3n) is 1.76. The fraction of sp³-hybridized carbons (Fsp3) is 0.333. The van der Waals surface area contributed by atoms with E-state index in [9.17, 15) is 18.3 Å². The predicted octanol–water partition coefficient (Wildman–Crippen LogP) is 2.04. The van der Waals surface area contributed by atoms with E-state index >= 15 is 0 Å². The summed E-state index contributed by atoms with van der Waals surface area (Å²) in [5.41, 5.74) is -2.63. The van der Waals surface area contributed by atoms with E-state index < -0.39 is 34.4 Å². The van der Waals surface area contributed by atoms with Crippen molar-refractivity contribution in [3.63, 3.8) is 0 Å². The molecule has 0 fully saturated rings. The maximum absolute atomic E-state index is 13.1. The van der Waals surface area contributed by atoms with Crippen molar-refractivity contribution in [3.8, 4) is 5.75 Å². The van der Waals surface area contributed by atoms with Gasteiger partial charge in [-0.05, 0) is 13.8 Å². The van der Waals surface area contributed by atoms with Crippen LogP contribution < -0.4 is 0 Å². The third-order valence-corrected chi connectivity index (χ3v) is 1.76. The molecule has 0 atom stereocenters. The van der Waals surface area contributed by atoms with Gasteiger partial charge in [0.2, 0.25) is 0 Å². The van der Waals surface area contributed by atoms with Crippen LogP contribution in [0.15, 0.2) is 6.07 Å². The lowest BCUT2D eigenvalue weighted by Crippen LogP contribution is -2.19. The molecule has 14 heavy (non-hydrogen) atoms. The Kier molecular flexibility index (Phi) is 2.45. The molecule has 0 aromatic heterocycles. The molecule has 0 spiro atoms. The second kappa shape index (κ2) is 3.16. The van der Waals surface area contributed by atoms with Crippen LogP contribution in [-0.2, 0) is 5.60 Å². The third kappa shape index (κ3) is 1.68. The van der Waals surface area contributed by atoms with E-state index in [2.05, 4.69) is 0 Å². The van der Waals surface area contributed by atoms with E-state index in [0.29, 0.717) is 0 Å². The van der Waals surface area contributed by atoms with E-state index in [1.807, 2.05) is 0 Å². The summed E-state index contributed by atoms with van der Waals surface area (Å²) in [4.78, 5) is 0. The predicted molar refractivity (Wildman–Crippen MR) is 43.2 cm³/mol. The highest BCUT2D eigenvalue weighted by Gasteiger charge is 2.29. The second-order valence-corrected chi connectivity index (χ2v) is 3.44. The summed E-state index contributed by atoms with van der Waals surface area (Å²) in [6, 6.07) is 0.222. The molecule has 5 heteroatoms. The van der Waals surface area contributed by atoms with Crippen LogP contribution in [0.25, 0.3) is 0 Å². The van der Waals surface area contributed by atoms with Gasteiger partial charge in [-0.1, -0.05) is 0 Å². The van der Waals surface area contributed by atoms with Crippen molar-refractivity contribution in [1.82, 2.24) is 0 Å². The monoisotopic (exact) mass is 206 g/mol. The quantitative estimate of drug-likeness (QED) is 0.690. The zero-order valence-electron chi connectivity index (χ0n) is 7.61. The number of phenols is 1. The van der Waals surface area contributed by atoms with Crippen molar-refractivity contribution in [2.75, 3.05) is 0 Å². The first-order valence-corrected chi connectivity index (χ1v) is 3.84. The molecular weight excluding hydrogens is 197 g/mol. The first kappa shape index (κ1) is 10.8. The van der Waals surface area contributed by atoms with Crippen molar-refractivity contribution in [2.45, 2.75) is 19.4 Å². The summed E-state index contributed by atoms with van der Waals surface area (Å²) in [5.74, 6) is -5.27. The Hall–Kier alpha value is -1.23. The summed E-state index contributed by atoms with van der Waals surface area (Å²) < 4.78 is 38.6. The Morgan fingerprint density at radius 2 is 1.64 bits per heavy atom. The van der Waals surface area contributed by atoms with E-state index in [4.69, 9.17) is 5.11 Å². The van der Waals surface area contributed by atoms with Crippen LogP contribution in [0.4, 0.5) is 13.2 Å². The van der Waals surface area contributed by atoms with Crippen molar-refractivity contribution in [2.24, 2.45) is 0 Å². The fourth-order valence-electron chi connectivity index (χ4n) is 1.14. The Morgan fingerprint density at radius 1 is 1.14 bits per heavy atom. The number of aliphatic hydroxyl groups is 1. The molecule has 0 saturated heterocycles. The van der Waals surface area contributed by atoms with Gasteiger partial charge in [-0.25, -0.2) is 13.2 Å². The normalized spacial score (nSPS) is 11.9. The van der Waals surface area contributed by atoms with Crippen molar-refractivity contribution in [1.29, 1.82) is 0 Å². The summed E-state index contributed by atoms with van der Waals surface area (Å²) in [6.07, 6.45) is 0. The lowest BCUT2D eigenvalue weighted by atomic mass is 9.96. The van der Waals surface area contributed by atoms with Gasteiger partial charge in [0.15, 0.2) is 23.2 Å². The second-order valence-electron chi connectivity index (χ2n) is 3.44. The molecule has 0 amide bonds. The molecule has 1 aromatic rings. The van der Waals surface area contributed by atoms with Gasteiger partial charge in [0.1, 0.15) is 0 Å². The van der Waals surface area contributed by atoms with Gasteiger partial charge < -0.3 is 10.2 Å². The molecule has 0 unspecified atom stereocenters. The average molecular weight is 206 g/mol. The molecule has 0 aliphatic carbocycles. The van der Waals surface area contributed by atoms with Gasteiger partial charge in [-0.15, -0.1) is 0 Å². The van der Waals surface area contributed by atoms with E-state index in [1.54, 1.807) is 0 Å². The first-order valence-electron chi connectivity index (χ1n) is 3.84. The topological polar surface area (TPSA) is 40.5 Å². The van der Waals surface area contributed by atoms with Crippen LogP contribution in [0.2, 0.25) is 0 Å². The van der Waals surface area contributed by atoms with Crippen molar-refractivity contribution >= 4 is 0 Å². The number of hydrogen-bond acceptors (Lipinski definition) is 2. The number of rotatable bonds is 1. The average Bonchev–Trinajstić information content (AvgIpc) is 1.98. The van der Waals surface area contributed by atoms with E-state index in [-0.39, 0.29) is 6.07 Å². The SMILES string of the molecule is CC(C)(O)c1c(O)c(F)cc(F)c1F. The van der Waals surface area contributed by atoms with E-state index in [1.165, 1.54) is 0 Å². The highest BCUT2D eigenvalue weighted by molar-refractivity contribution is 5.39. The van der Waals surface area contributed by atoms with Gasteiger partial charge in [-0.3, -0.25) is 0 Å². The maximum Gasteiger partial charge on any atom is 0.168 e. The zero-order valence-corrected chi connectivity index (χ0v) is 7.61. The van der Waals surface area contributed by atoms with Gasteiger partial charge in [0.25, 0.3) is 0 Å². The summed E-state index contributed by atoms with van der Waals surface area (Å²) in [6.45, 7) is 2.23. The minimum atomic E-state index is -1.85. The Balaban J connectivity index is 3.56. The molecule has 1 aromatic carbocycles. The van der Waals surface area contributed by atoms with Gasteiger partial charge >= 0.3 is 0 Å². The molecule has 78 valence electrons. The number of benzene rings is 1. The molecule has 0 bridgehead atoms. The molecule has 0 aliphatic rings. The van der Waals surface area contributed by atoms with Crippen molar-refractivity contribution < 1.29 is 23.4 Å². The smallest absolute Gasteiger partial charge is 0.168 e. The van der Waals surface area contributed by atoms with Crippen LogP contribution in [-0.4, -0.2) is 10.2 Å². The highest BCUT2D eigenvalue weighted by Crippen LogP contribution is 2.34. The zero-order chi connectivity index (χ0) is 11.1. The number of halogens is 3. The largest absolute Gasteiger partial charge is 0.504 e. The van der Waals surface area contributed by atoms with Crippen LogP contribution in [0.5, 0.6) is 5.75 Å². The summed E-state index contributed by atoms with van der Waals surface area (Å²) >= 11 is 0. The van der Waals surface area contributed by atoms with Crippen molar-refractivity contribution in [3.05, 3.63) is 29.1 Å². The Bertz CT molecular complexity index is 343. The molecule has 2 nitrogen and oxygen atoms in total. The molecule has 1 rings (SSSR count). The van der Waals surface area contributed by atoms with Gasteiger partial charge in [-0.2, -0.15) is 0 Å². The molecule has 0 heterocycles. The minimum Gasteiger partial charge on any atom is -0.504 e. The molecular formula is C9H9F3O2. The molecule has 0 saturated carbocycles. The molecule has 2 N–H and O–H groups in total. The summed E-state index contributed by atoms with van der Waals surface area (Å²) in [7, 11) is 0. The first-order chi connectivity index (χ1) is 6.25. The van der Waals surface area contributed by atoms with E-state index in [0.717, 1.165) is 13.8 Å². The van der Waals surface area contributed by atoms with Crippen LogP contribution in [0, 0.1) is 17.5 Å². The Labute approximate surface area is 78.6 Å². The van der Waals surface area contributed by atoms with Crippen LogP contribution >= 0.6 is 0 Å². The Morgan fingerprint density at radius 3 is 2.07 bits per heavy atom. The molecule has 0 radical (unpaired) electrons. The summed E-state index contributed by atoms with van der Waals surface area (Å²) in [5, 5.41) is 18.5. The fourth-order valence-corrected chi connectivity index (χ4v) is 1.14. The number of aromatic hydroxyl groups is 1. The lowest BCUT2D eigenvalue weighted by molar-refractivity contribution is 0.0699. The number of phenolic OH excluding ortho intramolecular Hbond substituents is 1. The molecule has 0 aliphatic heterocycles. The highest BCUT2D eigenvalue weighted by atomic mass is 19.2. The van der Waals surface area contributed by atoms with Gasteiger partial charge in [0, 0.05) is 6.07 Å². The number of hydrogen-bond donors (Lipinski definition) is 2. The van der Waals surface area contributed by atoms with Crippen LogP contribution in [0.3, 0.4) is 0 Å². The standard InChI is InChI=1S/C9H9F3O2/c1-9(2,14)6-7(12)4(10)3-5(11)8(6)13/h3,13-14H,1-2H3.